The Hall–Kier alpha value is -0.210. The van der Waals surface area contributed by atoms with Crippen molar-refractivity contribution in [1.82, 2.24) is 4.72 Å². The molecular weight excluding hydrogens is 362 g/mol. The second kappa shape index (κ2) is 8.94. The van der Waals surface area contributed by atoms with E-state index in [4.69, 9.17) is 0 Å². The van der Waals surface area contributed by atoms with Crippen molar-refractivity contribution < 1.29 is 13.5 Å². The minimum atomic E-state index is -3.52. The highest BCUT2D eigenvalue weighted by molar-refractivity contribution is 9.11. The van der Waals surface area contributed by atoms with E-state index in [0.717, 1.165) is 34.4 Å². The molecule has 0 aliphatic rings. The predicted molar refractivity (Wildman–Crippen MR) is 86.5 cm³/mol. The van der Waals surface area contributed by atoms with Crippen LogP contribution in [0.15, 0.2) is 32.3 Å². The van der Waals surface area contributed by atoms with Crippen molar-refractivity contribution in [2.75, 3.05) is 6.54 Å². The van der Waals surface area contributed by atoms with Gasteiger partial charge in [0, 0.05) is 6.54 Å². The molecule has 0 fully saturated rings. The van der Waals surface area contributed by atoms with Crippen molar-refractivity contribution in [2.45, 2.75) is 42.9 Å². The van der Waals surface area contributed by atoms with Crippen LogP contribution >= 0.6 is 27.3 Å². The van der Waals surface area contributed by atoms with Gasteiger partial charge in [0.05, 0.1) is 9.89 Å². The lowest BCUT2D eigenvalue weighted by molar-refractivity contribution is 0.181. The summed E-state index contributed by atoms with van der Waals surface area (Å²) in [5.74, 6) is 0. The normalized spacial score (nSPS) is 13.9. The lowest BCUT2D eigenvalue weighted by atomic mass is 10.2. The van der Waals surface area contributed by atoms with Gasteiger partial charge in [-0.25, -0.2) is 13.1 Å². The number of aliphatic hydroxyl groups excluding tert-OH is 1. The first-order valence-electron chi connectivity index (χ1n) is 6.53. The van der Waals surface area contributed by atoms with Crippen LogP contribution in [0.2, 0.25) is 0 Å². The van der Waals surface area contributed by atoms with Crippen LogP contribution in [0.1, 0.15) is 32.6 Å². The maximum Gasteiger partial charge on any atom is 0.250 e. The SMILES string of the molecule is CCCCC=CC[C@H](O)CNS(=O)(=O)c1ccc(Br)s1. The molecule has 0 unspecified atom stereocenters. The number of sulfonamides is 1. The number of thiophene rings is 1. The van der Waals surface area contributed by atoms with E-state index in [1.165, 1.54) is 6.07 Å². The first kappa shape index (κ1) is 17.8. The zero-order valence-corrected chi connectivity index (χ0v) is 14.6. The minimum absolute atomic E-state index is 0.0238. The Bertz CT molecular complexity index is 525. The minimum Gasteiger partial charge on any atom is -0.391 e. The van der Waals surface area contributed by atoms with Gasteiger partial charge in [-0.3, -0.25) is 0 Å². The number of aliphatic hydroxyl groups is 1. The van der Waals surface area contributed by atoms with E-state index in [2.05, 4.69) is 27.6 Å². The van der Waals surface area contributed by atoms with Gasteiger partial charge >= 0.3 is 0 Å². The van der Waals surface area contributed by atoms with Crippen molar-refractivity contribution in [3.05, 3.63) is 28.1 Å². The van der Waals surface area contributed by atoms with Gasteiger partial charge in [-0.15, -0.1) is 11.3 Å². The van der Waals surface area contributed by atoms with Gasteiger partial charge < -0.3 is 5.11 Å². The van der Waals surface area contributed by atoms with E-state index in [1.54, 1.807) is 6.07 Å². The number of rotatable bonds is 9. The fraction of sp³-hybridized carbons (Fsp3) is 0.538. The molecule has 1 aromatic rings. The molecule has 0 saturated carbocycles. The van der Waals surface area contributed by atoms with Crippen LogP contribution in [0.25, 0.3) is 0 Å². The van der Waals surface area contributed by atoms with E-state index in [9.17, 15) is 13.5 Å². The molecule has 0 aromatic carbocycles. The first-order valence-corrected chi connectivity index (χ1v) is 9.63. The maximum absolute atomic E-state index is 11.9. The zero-order valence-electron chi connectivity index (χ0n) is 11.4. The van der Waals surface area contributed by atoms with Crippen molar-refractivity contribution in [3.63, 3.8) is 0 Å². The standard InChI is InChI=1S/C13H20BrNO3S2/c1-2-3-4-5-6-7-11(16)10-15-20(17,18)13-9-8-12(14)19-13/h5-6,8-9,11,15-16H,2-4,7,10H2,1H3/t11-/m0/s1. The Balaban J connectivity index is 2.37. The van der Waals surface area contributed by atoms with Crippen LogP contribution in [0, 0.1) is 0 Å². The van der Waals surface area contributed by atoms with Gasteiger partial charge in [-0.1, -0.05) is 31.9 Å². The van der Waals surface area contributed by atoms with Crippen LogP contribution in [0.4, 0.5) is 0 Å². The summed E-state index contributed by atoms with van der Waals surface area (Å²) in [6.45, 7) is 2.15. The molecule has 0 aliphatic carbocycles. The lowest BCUT2D eigenvalue weighted by Gasteiger charge is -2.09. The van der Waals surface area contributed by atoms with E-state index >= 15 is 0 Å². The number of allylic oxidation sites excluding steroid dienone is 1. The van der Waals surface area contributed by atoms with Crippen molar-refractivity contribution in [3.8, 4) is 0 Å². The largest absolute Gasteiger partial charge is 0.391 e. The first-order chi connectivity index (χ1) is 9.45. The van der Waals surface area contributed by atoms with Crippen molar-refractivity contribution in [2.24, 2.45) is 0 Å². The monoisotopic (exact) mass is 381 g/mol. The summed E-state index contributed by atoms with van der Waals surface area (Å²) in [6, 6.07) is 3.22. The molecule has 1 aromatic heterocycles. The van der Waals surface area contributed by atoms with E-state index in [1.807, 2.05) is 12.2 Å². The van der Waals surface area contributed by atoms with E-state index < -0.39 is 16.1 Å². The van der Waals surface area contributed by atoms with Crippen LogP contribution in [0.3, 0.4) is 0 Å². The molecule has 2 N–H and O–H groups in total. The summed E-state index contributed by atoms with van der Waals surface area (Å²) in [5, 5.41) is 9.74. The van der Waals surface area contributed by atoms with Gasteiger partial charge in [0.2, 0.25) is 10.0 Å². The smallest absolute Gasteiger partial charge is 0.250 e. The third kappa shape index (κ3) is 6.49. The number of nitrogens with one attached hydrogen (secondary N) is 1. The molecule has 1 atom stereocenters. The lowest BCUT2D eigenvalue weighted by Crippen LogP contribution is -2.31. The Labute approximate surface area is 133 Å². The van der Waals surface area contributed by atoms with Gasteiger partial charge in [0.25, 0.3) is 0 Å². The molecule has 0 radical (unpaired) electrons. The van der Waals surface area contributed by atoms with Crippen LogP contribution in [-0.2, 0) is 10.0 Å². The number of hydrogen-bond donors (Lipinski definition) is 2. The summed E-state index contributed by atoms with van der Waals surface area (Å²) < 4.78 is 27.3. The molecule has 0 saturated heterocycles. The Morgan fingerprint density at radius 1 is 1.45 bits per heavy atom. The Morgan fingerprint density at radius 2 is 2.20 bits per heavy atom. The molecule has 1 heterocycles. The molecule has 0 bridgehead atoms. The van der Waals surface area contributed by atoms with Gasteiger partial charge in [-0.2, -0.15) is 0 Å². The average molecular weight is 382 g/mol. The predicted octanol–water partition coefficient (Wildman–Crippen LogP) is 3.29. The fourth-order valence-electron chi connectivity index (χ4n) is 1.50. The van der Waals surface area contributed by atoms with Crippen LogP contribution in [0.5, 0.6) is 0 Å². The highest BCUT2D eigenvalue weighted by Gasteiger charge is 2.17. The fourth-order valence-corrected chi connectivity index (χ4v) is 4.62. The average Bonchev–Trinajstić information content (AvgIpc) is 2.84. The molecule has 20 heavy (non-hydrogen) atoms. The molecular formula is C13H20BrNO3S2. The van der Waals surface area contributed by atoms with Gasteiger partial charge in [0.1, 0.15) is 4.21 Å². The third-order valence-corrected chi connectivity index (χ3v) is 6.16. The summed E-state index contributed by atoms with van der Waals surface area (Å²) in [6.07, 6.45) is 6.95. The molecule has 7 heteroatoms. The topological polar surface area (TPSA) is 66.4 Å². The van der Waals surface area contributed by atoms with Gasteiger partial charge in [-0.05, 0) is 40.9 Å². The second-order valence-corrected chi connectivity index (χ2v) is 8.87. The Morgan fingerprint density at radius 3 is 2.80 bits per heavy atom. The van der Waals surface area contributed by atoms with Crippen LogP contribution < -0.4 is 4.72 Å². The molecule has 1 rings (SSSR count). The maximum atomic E-state index is 11.9. The second-order valence-electron chi connectivity index (χ2n) is 4.41. The van der Waals surface area contributed by atoms with E-state index in [-0.39, 0.29) is 10.8 Å². The van der Waals surface area contributed by atoms with Crippen molar-refractivity contribution >= 4 is 37.3 Å². The number of unbranched alkanes of at least 4 members (excludes halogenated alkanes) is 2. The van der Waals surface area contributed by atoms with Gasteiger partial charge in [0.15, 0.2) is 0 Å². The molecule has 0 aliphatic heterocycles. The summed E-state index contributed by atoms with van der Waals surface area (Å²) in [7, 11) is -3.52. The number of hydrogen-bond acceptors (Lipinski definition) is 4. The van der Waals surface area contributed by atoms with E-state index in [0.29, 0.717) is 6.42 Å². The quantitative estimate of drug-likeness (QED) is 0.509. The zero-order chi connectivity index (χ0) is 15.0. The molecule has 0 amide bonds. The summed E-state index contributed by atoms with van der Waals surface area (Å²) in [4.78, 5) is 0. The molecule has 114 valence electrons. The highest BCUT2D eigenvalue weighted by atomic mass is 79.9. The summed E-state index contributed by atoms with van der Waals surface area (Å²) >= 11 is 4.37. The highest BCUT2D eigenvalue weighted by Crippen LogP contribution is 2.25. The van der Waals surface area contributed by atoms with Crippen molar-refractivity contribution in [1.29, 1.82) is 0 Å². The molecule has 4 nitrogen and oxygen atoms in total. The Kier molecular flexibility index (Phi) is 7.98. The summed E-state index contributed by atoms with van der Waals surface area (Å²) in [5.41, 5.74) is 0. The van der Waals surface area contributed by atoms with Crippen LogP contribution in [-0.4, -0.2) is 26.2 Å². The third-order valence-electron chi connectivity index (χ3n) is 2.62. The molecule has 0 spiro atoms. The number of halogens is 1.